The molecule has 6 aromatic carbocycles. The van der Waals surface area contributed by atoms with E-state index < -0.39 is 24.7 Å². The fourth-order valence-electron chi connectivity index (χ4n) is 29.7. The minimum Gasteiger partial charge on any atom is -0.457 e. The number of hydrogen-bond donors (Lipinski definition) is 0. The highest BCUT2D eigenvalue weighted by Gasteiger charge is 2.60. The Morgan fingerprint density at radius 2 is 0.600 bits per heavy atom. The van der Waals surface area contributed by atoms with Gasteiger partial charge in [0.05, 0.1) is 0 Å². The van der Waals surface area contributed by atoms with Gasteiger partial charge in [-0.15, -0.1) is 0 Å². The zero-order chi connectivity index (χ0) is 96.1. The number of rotatable bonds is 18. The van der Waals surface area contributed by atoms with Gasteiger partial charge in [0.1, 0.15) is 59.2 Å². The molecule has 10 unspecified atom stereocenters. The second kappa shape index (κ2) is 35.4. The molecule has 6 nitrogen and oxygen atoms in total. The van der Waals surface area contributed by atoms with E-state index >= 15 is 0 Å². The third-order valence-corrected chi connectivity index (χ3v) is 47.6. The first-order valence-corrected chi connectivity index (χ1v) is 60.3. The summed E-state index contributed by atoms with van der Waals surface area (Å²) >= 11 is 0. The van der Waals surface area contributed by atoms with E-state index in [0.717, 1.165) is 57.0 Å². The second-order valence-corrected chi connectivity index (χ2v) is 67.0. The lowest BCUT2D eigenvalue weighted by molar-refractivity contribution is 0.120. The quantitative estimate of drug-likeness (QED) is 0.0799. The molecule has 0 heterocycles. The molecule has 708 valence electrons. The van der Waals surface area contributed by atoms with Crippen molar-refractivity contribution in [2.45, 2.75) is 428 Å². The van der Waals surface area contributed by atoms with Crippen LogP contribution in [-0.4, -0.2) is 71.6 Å². The maximum absolute atomic E-state index is 6.61. The molecule has 3 fully saturated rings. The molecule has 0 radical (unpaired) electrons. The van der Waals surface area contributed by atoms with Crippen molar-refractivity contribution in [1.82, 2.24) is 13.7 Å². The summed E-state index contributed by atoms with van der Waals surface area (Å²) in [7, 11) is -5.45. The Kier molecular flexibility index (Phi) is 27.5. The number of ether oxygens (including phenoxy) is 3. The van der Waals surface area contributed by atoms with Crippen molar-refractivity contribution in [3.8, 4) is 34.5 Å². The van der Waals surface area contributed by atoms with E-state index in [0.29, 0.717) is 35.5 Å². The van der Waals surface area contributed by atoms with Gasteiger partial charge in [-0.2, -0.15) is 0 Å². The van der Waals surface area contributed by atoms with Crippen molar-refractivity contribution in [1.29, 1.82) is 0 Å². The molecular formula is C121H179N3O3Si3. The topological polar surface area (TPSA) is 37.4 Å². The van der Waals surface area contributed by atoms with E-state index in [1.165, 1.54) is 143 Å². The van der Waals surface area contributed by atoms with Crippen LogP contribution in [0.2, 0.25) is 55.9 Å². The number of unbranched alkanes of at least 4 members (excludes halogenated alkanes) is 2. The van der Waals surface area contributed by atoms with Crippen LogP contribution in [0.4, 0.5) is 0 Å². The maximum Gasteiger partial charge on any atom is 0.127 e. The van der Waals surface area contributed by atoms with Crippen molar-refractivity contribution >= 4 is 41.4 Å². The summed E-state index contributed by atoms with van der Waals surface area (Å²) in [5, 5.41) is 0. The van der Waals surface area contributed by atoms with Crippen LogP contribution in [0.1, 0.15) is 356 Å². The number of hydrogen-bond acceptors (Lipinski definition) is 6. The monoisotopic (exact) mass is 1810 g/mol. The largest absolute Gasteiger partial charge is 0.457 e. The Labute approximate surface area is 798 Å². The molecular weight excluding hydrogens is 1630 g/mol. The fraction of sp³-hybridized carbons (Fsp3) is 0.603. The summed E-state index contributed by atoms with van der Waals surface area (Å²) in [6.07, 6.45) is 30.5. The van der Waals surface area contributed by atoms with Crippen LogP contribution in [0.3, 0.4) is 0 Å². The summed E-state index contributed by atoms with van der Waals surface area (Å²) in [6, 6.07) is 46.6. The van der Waals surface area contributed by atoms with Gasteiger partial charge in [-0.1, -0.05) is 280 Å². The van der Waals surface area contributed by atoms with Crippen molar-refractivity contribution < 1.29 is 14.2 Å². The minimum atomic E-state index is -1.84. The molecule has 15 rings (SSSR count). The number of benzene rings is 6. The Hall–Kier alpha value is -6.31. The van der Waals surface area contributed by atoms with Gasteiger partial charge in [0.15, 0.2) is 0 Å². The van der Waals surface area contributed by atoms with Gasteiger partial charge in [0.25, 0.3) is 0 Å². The van der Waals surface area contributed by atoms with Crippen molar-refractivity contribution in [2.75, 3.05) is 0 Å². The minimum absolute atomic E-state index is 0.0336. The van der Waals surface area contributed by atoms with Crippen LogP contribution >= 0.6 is 0 Å². The average molecular weight is 1810 g/mol. The van der Waals surface area contributed by atoms with Gasteiger partial charge >= 0.3 is 0 Å². The highest BCUT2D eigenvalue weighted by Crippen LogP contribution is 2.66. The third-order valence-electron chi connectivity index (χ3n) is 32.5. The fourth-order valence-corrected chi connectivity index (χ4v) is 48.1. The van der Waals surface area contributed by atoms with Crippen molar-refractivity contribution in [3.63, 3.8) is 0 Å². The Morgan fingerprint density at radius 3 is 0.915 bits per heavy atom. The second-order valence-electron chi connectivity index (χ2n) is 53.6. The molecule has 9 heteroatoms. The van der Waals surface area contributed by atoms with E-state index in [9.17, 15) is 0 Å². The van der Waals surface area contributed by atoms with E-state index in [4.69, 9.17) is 14.2 Å². The average Bonchev–Trinajstić information content (AvgIpc) is 1.55. The van der Waals surface area contributed by atoms with E-state index in [2.05, 4.69) is 452 Å². The first-order chi connectivity index (χ1) is 59.7. The summed E-state index contributed by atoms with van der Waals surface area (Å²) in [5.41, 5.74) is 25.4. The predicted octanol–water partition coefficient (Wildman–Crippen LogP) is 35.3. The SMILES string of the molecule is CC(C)(C)c1ccc(Oc2ccc3c(c2)C(C)(C)C2=CC4C(C=C23)CCC4[Si](C)(C)N(C(C)(C)C)C(C)(C)C)cc1.CC1CC2C=C3C(=CC2C1[Si](C)(C)N(C(C)(C)C)C(C)(C)C)C(C)(C)c1cc(Oc2ccc(C(C)(C)C)cc2)ccc13.CCCCC1(CCCC)C2=CC3C(C=C2c2ccc(Oc4ccc(C(C)(C)C)cc4)cc21)CCC3[Si](C)(C)N(C(C)(C)C)C(C)(C)C. The van der Waals surface area contributed by atoms with Crippen LogP contribution in [-0.2, 0) is 32.5 Å². The van der Waals surface area contributed by atoms with Gasteiger partial charge in [-0.3, -0.25) is 0 Å². The Balaban J connectivity index is 0.000000167. The third kappa shape index (κ3) is 19.6. The smallest absolute Gasteiger partial charge is 0.127 e. The number of nitrogens with zero attached hydrogens (tertiary/aromatic N) is 3. The predicted molar refractivity (Wildman–Crippen MR) is 571 cm³/mol. The molecule has 0 aliphatic heterocycles. The molecule has 9 aliphatic carbocycles. The van der Waals surface area contributed by atoms with E-state index in [-0.39, 0.29) is 65.7 Å². The van der Waals surface area contributed by atoms with Crippen molar-refractivity contribution in [2.24, 2.45) is 41.4 Å². The molecule has 3 saturated carbocycles. The summed E-state index contributed by atoms with van der Waals surface area (Å²) < 4.78 is 28.3. The van der Waals surface area contributed by atoms with E-state index in [1.807, 2.05) is 0 Å². The van der Waals surface area contributed by atoms with E-state index in [1.54, 1.807) is 11.1 Å². The van der Waals surface area contributed by atoms with Crippen LogP contribution in [0.25, 0.3) is 16.7 Å². The lowest BCUT2D eigenvalue weighted by atomic mass is 9.68. The molecule has 10 atom stereocenters. The van der Waals surface area contributed by atoms with Gasteiger partial charge < -0.3 is 27.9 Å². The number of allylic oxidation sites excluding steroid dienone is 12. The molecule has 0 aromatic heterocycles. The molecule has 0 N–H and O–H groups in total. The lowest BCUT2D eigenvalue weighted by Gasteiger charge is -2.57. The highest BCUT2D eigenvalue weighted by atomic mass is 28.3. The zero-order valence-corrected chi connectivity index (χ0v) is 92.7. The lowest BCUT2D eigenvalue weighted by Crippen LogP contribution is -2.67. The summed E-state index contributed by atoms with van der Waals surface area (Å²) in [5.74, 6) is 10.1. The molecule has 9 aliphatic rings. The molecule has 0 spiro atoms. The van der Waals surface area contributed by atoms with Crippen LogP contribution < -0.4 is 14.2 Å². The Bertz CT molecular complexity index is 5250. The van der Waals surface area contributed by atoms with Crippen LogP contribution in [0.5, 0.6) is 34.5 Å². The molecule has 0 amide bonds. The van der Waals surface area contributed by atoms with Gasteiger partial charge in [-0.25, -0.2) is 0 Å². The Morgan fingerprint density at radius 1 is 0.323 bits per heavy atom. The zero-order valence-electron chi connectivity index (χ0n) is 89.7. The standard InChI is InChI=1S/C44H67NOSi.C39H57NOSi.C38H55NOSi/c1-14-16-26-44(27-17-15-2)38-29-34(46-33-21-19-32(20-22-33)41(3,4)5)23-24-35(38)37-28-31-18-25-40(36(31)30-39(37)44)47(12,13)45(42(6,7)8)43(9,10)11;1-25-21-26-22-32-30-20-19-29(41-28-17-15-27(16-18-28)36(2,3)4)23-33(30)39(11,12)34(32)24-31(26)35(25)42(13,14)40(37(5,6)7)38(8,9)10;1-35(2,3)26-15-17-27(18-16-26)40-28-19-20-29-31-22-25-14-21-34(30(25)24-33(31)38(10,11)32(29)23-28)41(12,13)39(36(4,5)6)37(7,8)9/h19-24,28-31,36,40H,14-18,25-27H2,1-13H3;15-20,22-26,31,35H,21H2,1-14H3;15-20,22-25,30,34H,14,21H2,1-13H3. The first kappa shape index (κ1) is 101. The van der Waals surface area contributed by atoms with Gasteiger partial charge in [-0.05, 0) is 387 Å². The molecule has 0 bridgehead atoms. The van der Waals surface area contributed by atoms with Gasteiger partial charge in [0, 0.05) is 49.5 Å². The molecule has 6 aromatic rings. The number of fused-ring (bicyclic) bond motifs is 12. The van der Waals surface area contributed by atoms with Crippen LogP contribution in [0, 0.1) is 41.4 Å². The summed E-state index contributed by atoms with van der Waals surface area (Å²) in [6.45, 7) is 97.1. The maximum atomic E-state index is 6.61. The van der Waals surface area contributed by atoms with Gasteiger partial charge in [0.2, 0.25) is 0 Å². The highest BCUT2D eigenvalue weighted by molar-refractivity contribution is 6.77. The first-order valence-electron chi connectivity index (χ1n) is 51.2. The molecule has 130 heavy (non-hydrogen) atoms. The normalized spacial score (nSPS) is 23.9. The summed E-state index contributed by atoms with van der Waals surface area (Å²) in [4.78, 5) is 0. The molecule has 0 saturated heterocycles. The van der Waals surface area contributed by atoms with Crippen molar-refractivity contribution in [3.05, 3.63) is 231 Å². The van der Waals surface area contributed by atoms with Crippen LogP contribution in [0.15, 0.2) is 181 Å².